The molecule has 1 aliphatic rings. The van der Waals surface area contributed by atoms with E-state index in [-0.39, 0.29) is 12.1 Å². The summed E-state index contributed by atoms with van der Waals surface area (Å²) in [5, 5.41) is 5.83. The van der Waals surface area contributed by atoms with Gasteiger partial charge in [0.15, 0.2) is 11.5 Å². The summed E-state index contributed by atoms with van der Waals surface area (Å²) in [6.07, 6.45) is 1.80. The first-order chi connectivity index (χ1) is 13.6. The van der Waals surface area contributed by atoms with Gasteiger partial charge in [-0.1, -0.05) is 12.1 Å². The number of aromatic nitrogens is 1. The lowest BCUT2D eigenvalue weighted by Gasteiger charge is -2.21. The third-order valence-electron chi connectivity index (χ3n) is 4.76. The molecule has 1 unspecified atom stereocenters. The van der Waals surface area contributed by atoms with E-state index in [0.29, 0.717) is 19.8 Å². The smallest absolute Gasteiger partial charge is 0.315 e. The Balaban J connectivity index is 1.51. The van der Waals surface area contributed by atoms with Crippen LogP contribution in [0.1, 0.15) is 37.9 Å². The van der Waals surface area contributed by atoms with E-state index in [2.05, 4.69) is 34.4 Å². The largest absolute Gasteiger partial charge is 0.486 e. The van der Waals surface area contributed by atoms with Crippen LogP contribution >= 0.6 is 0 Å². The van der Waals surface area contributed by atoms with Gasteiger partial charge in [0.25, 0.3) is 0 Å². The van der Waals surface area contributed by atoms with E-state index in [0.717, 1.165) is 41.5 Å². The number of amides is 2. The first kappa shape index (κ1) is 19.8. The lowest BCUT2D eigenvalue weighted by atomic mass is 10.1. The van der Waals surface area contributed by atoms with E-state index >= 15 is 0 Å². The van der Waals surface area contributed by atoms with Crippen LogP contribution in [0, 0.1) is 0 Å². The molecule has 150 valence electrons. The van der Waals surface area contributed by atoms with E-state index in [1.54, 1.807) is 6.20 Å². The lowest BCUT2D eigenvalue weighted by Crippen LogP contribution is -2.36. The molecule has 0 fully saturated rings. The van der Waals surface area contributed by atoms with Crippen LogP contribution in [-0.2, 0) is 6.54 Å². The Morgan fingerprint density at radius 2 is 1.89 bits per heavy atom. The Labute approximate surface area is 166 Å². The number of nitrogens with zero attached hydrogens (tertiary/aromatic N) is 2. The fraction of sp³-hybridized carbons (Fsp3) is 0.429. The van der Waals surface area contributed by atoms with Gasteiger partial charge in [-0.25, -0.2) is 9.78 Å². The number of hydrogen-bond donors (Lipinski definition) is 2. The SMILES string of the molecule is CCN(CC)c1ccc(CNC(=O)NC(C)c2ccc3c(c2)OCCO3)cn1. The van der Waals surface area contributed by atoms with Crippen LogP contribution in [0.15, 0.2) is 36.5 Å². The number of anilines is 1. The Hall–Kier alpha value is -2.96. The quantitative estimate of drug-likeness (QED) is 0.766. The van der Waals surface area contributed by atoms with Gasteiger partial charge < -0.3 is 25.0 Å². The second-order valence-corrected chi connectivity index (χ2v) is 6.65. The minimum absolute atomic E-state index is 0.154. The molecular formula is C21H28N4O3. The number of carbonyl (C=O) groups excluding carboxylic acids is 1. The Morgan fingerprint density at radius 3 is 2.57 bits per heavy atom. The molecule has 2 aromatic rings. The van der Waals surface area contributed by atoms with Crippen molar-refractivity contribution in [2.75, 3.05) is 31.2 Å². The topological polar surface area (TPSA) is 75.7 Å². The number of pyridine rings is 1. The molecule has 3 rings (SSSR count). The van der Waals surface area contributed by atoms with Gasteiger partial charge in [0.1, 0.15) is 19.0 Å². The number of benzene rings is 1. The molecule has 0 spiro atoms. The van der Waals surface area contributed by atoms with E-state index < -0.39 is 0 Å². The predicted octanol–water partition coefficient (Wildman–Crippen LogP) is 3.26. The van der Waals surface area contributed by atoms with Gasteiger partial charge in [0.05, 0.1) is 6.04 Å². The van der Waals surface area contributed by atoms with Crippen molar-refractivity contribution in [3.8, 4) is 11.5 Å². The molecule has 2 heterocycles. The van der Waals surface area contributed by atoms with Gasteiger partial charge >= 0.3 is 6.03 Å². The number of urea groups is 1. The molecule has 1 aromatic carbocycles. The molecule has 0 aliphatic carbocycles. The summed E-state index contributed by atoms with van der Waals surface area (Å²) in [5.41, 5.74) is 1.92. The zero-order valence-electron chi connectivity index (χ0n) is 16.7. The molecular weight excluding hydrogens is 356 g/mol. The number of carbonyl (C=O) groups is 1. The molecule has 0 bridgehead atoms. The summed E-state index contributed by atoms with van der Waals surface area (Å²) in [7, 11) is 0. The molecule has 1 aromatic heterocycles. The lowest BCUT2D eigenvalue weighted by molar-refractivity contribution is 0.171. The number of nitrogens with one attached hydrogen (secondary N) is 2. The highest BCUT2D eigenvalue weighted by Crippen LogP contribution is 2.32. The summed E-state index contributed by atoms with van der Waals surface area (Å²) in [6.45, 7) is 9.51. The number of hydrogen-bond acceptors (Lipinski definition) is 5. The van der Waals surface area contributed by atoms with Gasteiger partial charge in [-0.2, -0.15) is 0 Å². The zero-order chi connectivity index (χ0) is 19.9. The predicted molar refractivity (Wildman–Crippen MR) is 109 cm³/mol. The minimum Gasteiger partial charge on any atom is -0.486 e. The van der Waals surface area contributed by atoms with Crippen molar-refractivity contribution in [2.45, 2.75) is 33.4 Å². The van der Waals surface area contributed by atoms with Crippen LogP contribution in [0.4, 0.5) is 10.6 Å². The monoisotopic (exact) mass is 384 g/mol. The molecule has 0 saturated carbocycles. The Bertz CT molecular complexity index is 791. The van der Waals surface area contributed by atoms with Gasteiger partial charge in [0.2, 0.25) is 0 Å². The molecule has 2 amide bonds. The van der Waals surface area contributed by atoms with Crippen LogP contribution in [0.3, 0.4) is 0 Å². The summed E-state index contributed by atoms with van der Waals surface area (Å²) >= 11 is 0. The highest BCUT2D eigenvalue weighted by atomic mass is 16.6. The van der Waals surface area contributed by atoms with Crippen LogP contribution in [0.5, 0.6) is 11.5 Å². The standard InChI is InChI=1S/C21H28N4O3/c1-4-25(5-2)20-9-6-16(13-22-20)14-23-21(26)24-15(3)17-7-8-18-19(12-17)28-11-10-27-18/h6-9,12-13,15H,4-5,10-11,14H2,1-3H3,(H2,23,24,26). The van der Waals surface area contributed by atoms with Gasteiger partial charge in [0, 0.05) is 25.8 Å². The summed E-state index contributed by atoms with van der Waals surface area (Å²) in [6, 6.07) is 9.33. The molecule has 7 heteroatoms. The maximum Gasteiger partial charge on any atom is 0.315 e. The van der Waals surface area contributed by atoms with Crippen molar-refractivity contribution in [3.05, 3.63) is 47.7 Å². The van der Waals surface area contributed by atoms with Crippen LogP contribution in [0.2, 0.25) is 0 Å². The molecule has 0 radical (unpaired) electrons. The van der Waals surface area contributed by atoms with Crippen LogP contribution in [-0.4, -0.2) is 37.3 Å². The van der Waals surface area contributed by atoms with E-state index in [4.69, 9.17) is 9.47 Å². The van der Waals surface area contributed by atoms with E-state index in [1.807, 2.05) is 37.3 Å². The Kier molecular flexibility index (Phi) is 6.57. The van der Waals surface area contributed by atoms with Crippen molar-refractivity contribution < 1.29 is 14.3 Å². The fourth-order valence-electron chi connectivity index (χ4n) is 3.10. The van der Waals surface area contributed by atoms with Crippen molar-refractivity contribution in [3.63, 3.8) is 0 Å². The average Bonchev–Trinajstić information content (AvgIpc) is 2.73. The molecule has 0 saturated heterocycles. The molecule has 28 heavy (non-hydrogen) atoms. The Morgan fingerprint density at radius 1 is 1.14 bits per heavy atom. The molecule has 2 N–H and O–H groups in total. The second kappa shape index (κ2) is 9.30. The first-order valence-corrected chi connectivity index (χ1v) is 9.74. The van der Waals surface area contributed by atoms with Crippen molar-refractivity contribution >= 4 is 11.8 Å². The molecule has 1 aliphatic heterocycles. The second-order valence-electron chi connectivity index (χ2n) is 6.65. The third-order valence-corrected chi connectivity index (χ3v) is 4.76. The van der Waals surface area contributed by atoms with Gasteiger partial charge in [-0.05, 0) is 50.1 Å². The third kappa shape index (κ3) is 4.85. The highest BCUT2D eigenvalue weighted by Gasteiger charge is 2.15. The highest BCUT2D eigenvalue weighted by molar-refractivity contribution is 5.74. The van der Waals surface area contributed by atoms with E-state index in [9.17, 15) is 4.79 Å². The maximum atomic E-state index is 12.2. The summed E-state index contributed by atoms with van der Waals surface area (Å²) in [4.78, 5) is 18.9. The number of fused-ring (bicyclic) bond motifs is 1. The van der Waals surface area contributed by atoms with Crippen LogP contribution in [0.25, 0.3) is 0 Å². The number of rotatable bonds is 7. The first-order valence-electron chi connectivity index (χ1n) is 9.74. The fourth-order valence-corrected chi connectivity index (χ4v) is 3.10. The van der Waals surface area contributed by atoms with Crippen molar-refractivity contribution in [1.29, 1.82) is 0 Å². The minimum atomic E-state index is -0.227. The maximum absolute atomic E-state index is 12.2. The zero-order valence-corrected chi connectivity index (χ0v) is 16.7. The summed E-state index contributed by atoms with van der Waals surface area (Å²) < 4.78 is 11.1. The molecule has 1 atom stereocenters. The summed E-state index contributed by atoms with van der Waals surface area (Å²) in [5.74, 6) is 2.41. The average molecular weight is 384 g/mol. The van der Waals surface area contributed by atoms with E-state index in [1.165, 1.54) is 0 Å². The van der Waals surface area contributed by atoms with Gasteiger partial charge in [-0.3, -0.25) is 0 Å². The number of ether oxygens (including phenoxy) is 2. The normalized spacial score (nSPS) is 13.5. The van der Waals surface area contributed by atoms with Crippen molar-refractivity contribution in [2.24, 2.45) is 0 Å². The van der Waals surface area contributed by atoms with Crippen molar-refractivity contribution in [1.82, 2.24) is 15.6 Å². The molecule has 7 nitrogen and oxygen atoms in total. The van der Waals surface area contributed by atoms with Gasteiger partial charge in [-0.15, -0.1) is 0 Å². The van der Waals surface area contributed by atoms with Crippen LogP contribution < -0.4 is 25.0 Å².